The molecule has 2 fully saturated rings. The van der Waals surface area contributed by atoms with Crippen LogP contribution in [0, 0.1) is 6.92 Å². The van der Waals surface area contributed by atoms with Crippen LogP contribution in [0.3, 0.4) is 0 Å². The number of aryl methyl sites for hydroxylation is 1. The Labute approximate surface area is 129 Å². The quantitative estimate of drug-likeness (QED) is 0.852. The maximum Gasteiger partial charge on any atom is 0.251 e. The molecule has 0 aliphatic carbocycles. The number of hydrogen-bond donors (Lipinski definition) is 0. The molecular formula is C15H23N3O2S. The van der Waals surface area contributed by atoms with Crippen LogP contribution < -0.4 is 0 Å². The number of thiazole rings is 1. The summed E-state index contributed by atoms with van der Waals surface area (Å²) in [5, 5.41) is 3.25. The molecule has 5 nitrogen and oxygen atoms in total. The van der Waals surface area contributed by atoms with Crippen LogP contribution in [0.2, 0.25) is 0 Å². The van der Waals surface area contributed by atoms with E-state index in [1.165, 1.54) is 0 Å². The Balaban J connectivity index is 1.52. The summed E-state index contributed by atoms with van der Waals surface area (Å²) in [6.45, 7) is 7.29. The van der Waals surface area contributed by atoms with Gasteiger partial charge in [0.1, 0.15) is 6.10 Å². The van der Waals surface area contributed by atoms with Crippen molar-refractivity contribution < 1.29 is 9.53 Å². The number of nitrogens with zero attached hydrogens (tertiary/aromatic N) is 3. The van der Waals surface area contributed by atoms with Gasteiger partial charge in [0.15, 0.2) is 0 Å². The van der Waals surface area contributed by atoms with Crippen molar-refractivity contribution in [2.45, 2.75) is 38.8 Å². The number of ether oxygens (including phenoxy) is 1. The van der Waals surface area contributed by atoms with E-state index in [9.17, 15) is 4.79 Å². The van der Waals surface area contributed by atoms with Gasteiger partial charge in [0.2, 0.25) is 0 Å². The van der Waals surface area contributed by atoms with Crippen LogP contribution in [-0.4, -0.2) is 59.6 Å². The van der Waals surface area contributed by atoms with Gasteiger partial charge in [-0.25, -0.2) is 4.98 Å². The first kappa shape index (κ1) is 14.9. The molecule has 0 unspecified atom stereocenters. The average Bonchev–Trinajstić information content (AvgIpc) is 3.08. The minimum Gasteiger partial charge on any atom is -0.368 e. The maximum atomic E-state index is 12.4. The van der Waals surface area contributed by atoms with Gasteiger partial charge in [-0.3, -0.25) is 9.69 Å². The zero-order valence-corrected chi connectivity index (χ0v) is 13.4. The average molecular weight is 309 g/mol. The van der Waals surface area contributed by atoms with Gasteiger partial charge < -0.3 is 9.64 Å². The van der Waals surface area contributed by atoms with Crippen molar-refractivity contribution in [1.29, 1.82) is 0 Å². The van der Waals surface area contributed by atoms with Gasteiger partial charge in [-0.1, -0.05) is 0 Å². The molecule has 0 saturated carbocycles. The van der Waals surface area contributed by atoms with Crippen molar-refractivity contribution in [1.82, 2.24) is 14.8 Å². The third-order valence-electron chi connectivity index (χ3n) is 4.16. The fourth-order valence-corrected chi connectivity index (χ4v) is 3.64. The van der Waals surface area contributed by atoms with E-state index in [0.717, 1.165) is 69.3 Å². The van der Waals surface area contributed by atoms with Crippen molar-refractivity contribution in [2.24, 2.45) is 0 Å². The summed E-state index contributed by atoms with van der Waals surface area (Å²) in [5.74, 6) is 0.193. The third kappa shape index (κ3) is 3.81. The van der Waals surface area contributed by atoms with E-state index in [1.54, 1.807) is 11.3 Å². The number of carbonyl (C=O) groups is 1. The normalized spacial score (nSPS) is 24.2. The van der Waals surface area contributed by atoms with Crippen molar-refractivity contribution in [3.8, 4) is 0 Å². The topological polar surface area (TPSA) is 45.7 Å². The first-order chi connectivity index (χ1) is 10.2. The Hall–Kier alpha value is -0.980. The second-order valence-corrected chi connectivity index (χ2v) is 6.88. The lowest BCUT2D eigenvalue weighted by molar-refractivity contribution is -0.140. The van der Waals surface area contributed by atoms with Crippen molar-refractivity contribution in [3.63, 3.8) is 0 Å². The zero-order chi connectivity index (χ0) is 14.7. The monoisotopic (exact) mass is 309 g/mol. The smallest absolute Gasteiger partial charge is 0.251 e. The summed E-state index contributed by atoms with van der Waals surface area (Å²) >= 11 is 1.70. The van der Waals surface area contributed by atoms with E-state index in [1.807, 2.05) is 11.8 Å². The molecule has 0 N–H and O–H groups in total. The molecule has 1 aromatic rings. The summed E-state index contributed by atoms with van der Waals surface area (Å²) in [5.41, 5.74) is 1.15. The van der Waals surface area contributed by atoms with E-state index in [2.05, 4.69) is 15.3 Å². The van der Waals surface area contributed by atoms with Gasteiger partial charge in [-0.15, -0.1) is 11.3 Å². The standard InChI is InChI=1S/C15H23N3O2S/c1-12-16-13(11-21-12)10-17-5-3-6-18(8-7-17)15(19)14-4-2-9-20-14/h11,14H,2-10H2,1H3/t14-/m0/s1. The van der Waals surface area contributed by atoms with Crippen LogP contribution in [-0.2, 0) is 16.1 Å². The third-order valence-corrected chi connectivity index (χ3v) is 4.98. The highest BCUT2D eigenvalue weighted by atomic mass is 32.1. The van der Waals surface area contributed by atoms with Gasteiger partial charge in [0, 0.05) is 44.7 Å². The fourth-order valence-electron chi connectivity index (χ4n) is 3.04. The molecule has 2 aliphatic rings. The number of carbonyl (C=O) groups excluding carboxylic acids is 1. The highest BCUT2D eigenvalue weighted by molar-refractivity contribution is 7.09. The lowest BCUT2D eigenvalue weighted by Gasteiger charge is -2.24. The van der Waals surface area contributed by atoms with E-state index in [4.69, 9.17) is 4.74 Å². The summed E-state index contributed by atoms with van der Waals surface area (Å²) in [4.78, 5) is 21.3. The Morgan fingerprint density at radius 3 is 3.00 bits per heavy atom. The van der Waals surface area contributed by atoms with Gasteiger partial charge in [0.05, 0.1) is 10.7 Å². The summed E-state index contributed by atoms with van der Waals surface area (Å²) < 4.78 is 5.52. The lowest BCUT2D eigenvalue weighted by Crippen LogP contribution is -2.41. The van der Waals surface area contributed by atoms with Crippen molar-refractivity contribution in [2.75, 3.05) is 32.8 Å². The molecule has 2 aliphatic heterocycles. The molecule has 21 heavy (non-hydrogen) atoms. The van der Waals surface area contributed by atoms with E-state index in [0.29, 0.717) is 0 Å². The highest BCUT2D eigenvalue weighted by Gasteiger charge is 2.29. The first-order valence-electron chi connectivity index (χ1n) is 7.76. The molecule has 116 valence electrons. The van der Waals surface area contributed by atoms with Crippen LogP contribution in [0.15, 0.2) is 5.38 Å². The van der Waals surface area contributed by atoms with Crippen molar-refractivity contribution in [3.05, 3.63) is 16.1 Å². The van der Waals surface area contributed by atoms with Crippen molar-refractivity contribution >= 4 is 17.2 Å². The zero-order valence-electron chi connectivity index (χ0n) is 12.6. The molecule has 0 bridgehead atoms. The molecule has 1 aromatic heterocycles. The molecule has 1 amide bonds. The van der Waals surface area contributed by atoms with Gasteiger partial charge in [-0.2, -0.15) is 0 Å². The molecule has 6 heteroatoms. The largest absolute Gasteiger partial charge is 0.368 e. The molecule has 1 atom stereocenters. The van der Waals surface area contributed by atoms with Gasteiger partial charge in [-0.05, 0) is 26.2 Å². The highest BCUT2D eigenvalue weighted by Crippen LogP contribution is 2.17. The van der Waals surface area contributed by atoms with E-state index < -0.39 is 0 Å². The molecule has 2 saturated heterocycles. The predicted octanol–water partition coefficient (Wildman–Crippen LogP) is 1.66. The van der Waals surface area contributed by atoms with Crippen LogP contribution >= 0.6 is 11.3 Å². The molecule has 3 rings (SSSR count). The van der Waals surface area contributed by atoms with E-state index >= 15 is 0 Å². The van der Waals surface area contributed by atoms with Gasteiger partial charge in [0.25, 0.3) is 5.91 Å². The molecule has 0 radical (unpaired) electrons. The summed E-state index contributed by atoms with van der Waals surface area (Å²) in [6, 6.07) is 0. The Morgan fingerprint density at radius 1 is 1.38 bits per heavy atom. The Kier molecular flexibility index (Phi) is 4.87. The second kappa shape index (κ2) is 6.85. The van der Waals surface area contributed by atoms with Crippen LogP contribution in [0.4, 0.5) is 0 Å². The van der Waals surface area contributed by atoms with Crippen LogP contribution in [0.25, 0.3) is 0 Å². The number of amides is 1. The Bertz CT molecular complexity index is 485. The molecular weight excluding hydrogens is 286 g/mol. The number of rotatable bonds is 3. The fraction of sp³-hybridized carbons (Fsp3) is 0.733. The second-order valence-electron chi connectivity index (χ2n) is 5.81. The Morgan fingerprint density at radius 2 is 2.29 bits per heavy atom. The van der Waals surface area contributed by atoms with Gasteiger partial charge >= 0.3 is 0 Å². The molecule has 3 heterocycles. The molecule has 0 spiro atoms. The lowest BCUT2D eigenvalue weighted by atomic mass is 10.2. The molecule has 0 aromatic carbocycles. The predicted molar refractivity (Wildman–Crippen MR) is 82.3 cm³/mol. The SMILES string of the molecule is Cc1nc(CN2CCCN(C(=O)[C@@H]3CCCO3)CC2)cs1. The van der Waals surface area contributed by atoms with E-state index in [-0.39, 0.29) is 12.0 Å². The summed E-state index contributed by atoms with van der Waals surface area (Å²) in [6.07, 6.45) is 2.75. The summed E-state index contributed by atoms with van der Waals surface area (Å²) in [7, 11) is 0. The van der Waals surface area contributed by atoms with Crippen LogP contribution in [0.5, 0.6) is 0 Å². The minimum atomic E-state index is -0.183. The number of aromatic nitrogens is 1. The maximum absolute atomic E-state index is 12.4. The van der Waals surface area contributed by atoms with Crippen LogP contribution in [0.1, 0.15) is 30.0 Å². The number of hydrogen-bond acceptors (Lipinski definition) is 5. The minimum absolute atomic E-state index is 0.183. The first-order valence-corrected chi connectivity index (χ1v) is 8.64.